The van der Waals surface area contributed by atoms with Crippen LogP contribution in [0.5, 0.6) is 0 Å². The zero-order valence-electron chi connectivity index (χ0n) is 10.2. The predicted octanol–water partition coefficient (Wildman–Crippen LogP) is 3.92. The molecule has 1 fully saturated rings. The molecule has 1 N–H and O–H groups in total. The van der Waals surface area contributed by atoms with Gasteiger partial charge in [0.2, 0.25) is 0 Å². The number of rotatable bonds is 4. The minimum atomic E-state index is -0.467. The Hall–Kier alpha value is -0.250. The van der Waals surface area contributed by atoms with Gasteiger partial charge in [-0.2, -0.15) is 11.8 Å². The molecule has 1 aromatic carbocycles. The lowest BCUT2D eigenvalue weighted by Crippen LogP contribution is -2.20. The van der Waals surface area contributed by atoms with Gasteiger partial charge in [-0.15, -0.1) is 0 Å². The Balaban J connectivity index is 1.89. The second-order valence-electron chi connectivity index (χ2n) is 4.89. The molecule has 4 heteroatoms. The van der Waals surface area contributed by atoms with Gasteiger partial charge in [-0.3, -0.25) is 0 Å². The van der Waals surface area contributed by atoms with Crippen LogP contribution in [0, 0.1) is 11.7 Å². The quantitative estimate of drug-likeness (QED) is 0.906. The number of thioether (sulfide) groups is 1. The van der Waals surface area contributed by atoms with Gasteiger partial charge >= 0.3 is 0 Å². The summed E-state index contributed by atoms with van der Waals surface area (Å²) in [5, 5.41) is 10.6. The van der Waals surface area contributed by atoms with Crippen LogP contribution in [0.2, 0.25) is 5.02 Å². The molecule has 0 aromatic heterocycles. The van der Waals surface area contributed by atoms with Gasteiger partial charge in [0.1, 0.15) is 5.82 Å². The van der Waals surface area contributed by atoms with Gasteiger partial charge in [-0.1, -0.05) is 11.6 Å². The molecule has 18 heavy (non-hydrogen) atoms. The normalized spacial score (nSPS) is 18.8. The summed E-state index contributed by atoms with van der Waals surface area (Å²) >= 11 is 7.82. The van der Waals surface area contributed by atoms with E-state index in [9.17, 15) is 9.50 Å². The van der Waals surface area contributed by atoms with Crippen molar-refractivity contribution in [2.24, 2.45) is 5.92 Å². The maximum absolute atomic E-state index is 13.5. The Bertz CT molecular complexity index is 393. The van der Waals surface area contributed by atoms with Crippen molar-refractivity contribution in [2.45, 2.75) is 31.8 Å². The fraction of sp³-hybridized carbons (Fsp3) is 0.571. The first kappa shape index (κ1) is 14.2. The van der Waals surface area contributed by atoms with E-state index in [0.717, 1.165) is 6.42 Å². The number of aliphatic hydroxyl groups excluding tert-OH is 1. The molecule has 0 spiro atoms. The van der Waals surface area contributed by atoms with Crippen LogP contribution in [-0.4, -0.2) is 22.7 Å². The van der Waals surface area contributed by atoms with Crippen molar-refractivity contribution in [3.05, 3.63) is 34.6 Å². The Morgan fingerprint density at radius 1 is 1.39 bits per heavy atom. The van der Waals surface area contributed by atoms with E-state index in [4.69, 9.17) is 11.6 Å². The van der Waals surface area contributed by atoms with E-state index in [-0.39, 0.29) is 5.82 Å². The highest BCUT2D eigenvalue weighted by Gasteiger charge is 2.19. The minimum Gasteiger partial charge on any atom is -0.393 e. The summed E-state index contributed by atoms with van der Waals surface area (Å²) in [5.41, 5.74) is 0.514. The van der Waals surface area contributed by atoms with Crippen molar-refractivity contribution >= 4 is 23.4 Å². The molecular formula is C14H18ClFOS. The molecule has 1 atom stereocenters. The third-order valence-electron chi connectivity index (χ3n) is 3.41. The van der Waals surface area contributed by atoms with E-state index in [2.05, 4.69) is 0 Å². The van der Waals surface area contributed by atoms with Gasteiger partial charge in [0.15, 0.2) is 0 Å². The van der Waals surface area contributed by atoms with Crippen LogP contribution in [0.4, 0.5) is 4.39 Å². The maximum Gasteiger partial charge on any atom is 0.126 e. The number of benzene rings is 1. The Kier molecular flexibility index (Phi) is 5.34. The summed E-state index contributed by atoms with van der Waals surface area (Å²) in [6, 6.07) is 4.50. The fourth-order valence-electron chi connectivity index (χ4n) is 2.40. The standard InChI is InChI=1S/C14H18ClFOS/c15-12-1-2-14(16)11(8-12)9-13(17)7-10-3-5-18-6-4-10/h1-2,8,10,13,17H,3-7,9H2. The predicted molar refractivity (Wildman–Crippen MR) is 75.8 cm³/mol. The Morgan fingerprint density at radius 2 is 2.11 bits per heavy atom. The molecule has 0 bridgehead atoms. The highest BCUT2D eigenvalue weighted by Crippen LogP contribution is 2.27. The van der Waals surface area contributed by atoms with Crippen LogP contribution in [0.15, 0.2) is 18.2 Å². The highest BCUT2D eigenvalue weighted by atomic mass is 35.5. The first-order valence-corrected chi connectivity index (χ1v) is 7.88. The third kappa shape index (κ3) is 4.15. The molecule has 1 nitrogen and oxygen atoms in total. The molecule has 1 saturated heterocycles. The van der Waals surface area contributed by atoms with Crippen molar-refractivity contribution in [3.8, 4) is 0 Å². The third-order valence-corrected chi connectivity index (χ3v) is 4.69. The van der Waals surface area contributed by atoms with Gasteiger partial charge in [-0.25, -0.2) is 4.39 Å². The van der Waals surface area contributed by atoms with Crippen LogP contribution in [-0.2, 0) is 6.42 Å². The molecule has 100 valence electrons. The summed E-state index contributed by atoms with van der Waals surface area (Å²) < 4.78 is 13.5. The lowest BCUT2D eigenvalue weighted by molar-refractivity contribution is 0.138. The van der Waals surface area contributed by atoms with Crippen molar-refractivity contribution in [3.63, 3.8) is 0 Å². The van der Waals surface area contributed by atoms with E-state index < -0.39 is 6.10 Å². The van der Waals surface area contributed by atoms with Crippen LogP contribution in [0.25, 0.3) is 0 Å². The van der Waals surface area contributed by atoms with E-state index in [1.807, 2.05) is 11.8 Å². The van der Waals surface area contributed by atoms with Gasteiger partial charge in [0.25, 0.3) is 0 Å². The van der Waals surface area contributed by atoms with Crippen molar-refractivity contribution in [2.75, 3.05) is 11.5 Å². The lowest BCUT2D eigenvalue weighted by atomic mass is 9.92. The number of hydrogen-bond donors (Lipinski definition) is 1. The number of hydrogen-bond acceptors (Lipinski definition) is 2. The van der Waals surface area contributed by atoms with E-state index in [1.54, 1.807) is 6.07 Å². The van der Waals surface area contributed by atoms with Gasteiger partial charge in [0.05, 0.1) is 6.10 Å². The minimum absolute atomic E-state index is 0.280. The molecule has 0 saturated carbocycles. The van der Waals surface area contributed by atoms with Crippen molar-refractivity contribution in [1.82, 2.24) is 0 Å². The molecule has 1 aliphatic rings. The molecule has 1 unspecified atom stereocenters. The van der Waals surface area contributed by atoms with Gasteiger partial charge in [0, 0.05) is 11.4 Å². The van der Waals surface area contributed by atoms with E-state index >= 15 is 0 Å². The molecule has 0 radical (unpaired) electrons. The number of aliphatic hydroxyl groups is 1. The Morgan fingerprint density at radius 3 is 2.83 bits per heavy atom. The smallest absolute Gasteiger partial charge is 0.126 e. The molecule has 1 aliphatic heterocycles. The largest absolute Gasteiger partial charge is 0.393 e. The molecule has 0 aliphatic carbocycles. The average molecular weight is 289 g/mol. The molecular weight excluding hydrogens is 271 g/mol. The molecule has 0 amide bonds. The van der Waals surface area contributed by atoms with Gasteiger partial charge in [-0.05, 0) is 60.4 Å². The zero-order valence-corrected chi connectivity index (χ0v) is 11.8. The molecule has 1 heterocycles. The fourth-order valence-corrected chi connectivity index (χ4v) is 3.80. The van der Waals surface area contributed by atoms with Gasteiger partial charge < -0.3 is 5.11 Å². The van der Waals surface area contributed by atoms with E-state index in [1.165, 1.54) is 36.5 Å². The summed E-state index contributed by atoms with van der Waals surface area (Å²) in [4.78, 5) is 0. The van der Waals surface area contributed by atoms with Crippen LogP contribution < -0.4 is 0 Å². The second-order valence-corrected chi connectivity index (χ2v) is 6.55. The highest BCUT2D eigenvalue weighted by molar-refractivity contribution is 7.99. The SMILES string of the molecule is OC(Cc1cc(Cl)ccc1F)CC1CCSCC1. The number of halogens is 2. The summed E-state index contributed by atoms with van der Waals surface area (Å²) in [5.74, 6) is 2.67. The summed E-state index contributed by atoms with van der Waals surface area (Å²) in [6.45, 7) is 0. The van der Waals surface area contributed by atoms with Crippen LogP contribution >= 0.6 is 23.4 Å². The van der Waals surface area contributed by atoms with Crippen molar-refractivity contribution in [1.29, 1.82) is 0 Å². The maximum atomic E-state index is 13.5. The Labute approximate surface area is 117 Å². The zero-order chi connectivity index (χ0) is 13.0. The second kappa shape index (κ2) is 6.78. The first-order chi connectivity index (χ1) is 8.65. The van der Waals surface area contributed by atoms with Crippen LogP contribution in [0.1, 0.15) is 24.8 Å². The summed E-state index contributed by atoms with van der Waals surface area (Å²) in [6.07, 6.45) is 2.99. The first-order valence-electron chi connectivity index (χ1n) is 6.35. The van der Waals surface area contributed by atoms with Crippen LogP contribution in [0.3, 0.4) is 0 Å². The summed E-state index contributed by atoms with van der Waals surface area (Å²) in [7, 11) is 0. The molecule has 2 rings (SSSR count). The monoisotopic (exact) mass is 288 g/mol. The van der Waals surface area contributed by atoms with Crippen molar-refractivity contribution < 1.29 is 9.50 Å². The molecule has 1 aromatic rings. The van der Waals surface area contributed by atoms with E-state index in [0.29, 0.717) is 22.9 Å². The topological polar surface area (TPSA) is 20.2 Å². The average Bonchev–Trinajstić information content (AvgIpc) is 2.35. The lowest BCUT2D eigenvalue weighted by Gasteiger charge is -2.23.